The predicted octanol–water partition coefficient (Wildman–Crippen LogP) is 9.28. The van der Waals surface area contributed by atoms with Crippen LogP contribution >= 0.6 is 0 Å². The molecule has 2 aliphatic rings. The Bertz CT molecular complexity index is 831. The van der Waals surface area contributed by atoms with Crippen molar-refractivity contribution in [2.45, 2.75) is 173 Å². The van der Waals surface area contributed by atoms with Crippen LogP contribution in [0.2, 0.25) is 61.4 Å². The molecule has 8 heteroatoms. The molecular formula is C30H66O4Si4. The zero-order valence-corrected chi connectivity index (χ0v) is 32.9. The molecule has 0 aliphatic heterocycles. The van der Waals surface area contributed by atoms with Crippen molar-refractivity contribution in [1.82, 2.24) is 0 Å². The minimum atomic E-state index is -2.41. The van der Waals surface area contributed by atoms with E-state index < -0.39 is 34.0 Å². The van der Waals surface area contributed by atoms with Crippen molar-refractivity contribution in [3.63, 3.8) is 0 Å². The van der Waals surface area contributed by atoms with E-state index in [1.54, 1.807) is 0 Å². The standard InChI is InChI=1S/C30H66O4Si4/c1-26(2,32-35(12)30(9,10)34-36(13,14)15)29(7,8)38(18,25-22-23-19-20-24(25)21-23)33-27(3,4)28(5,6)37(16,17)31-11/h23-25,35H,19-22H2,1-18H3. The SMILES string of the molecule is CO[Si](C)(C)C(C)(C)C(C)(C)O[Si](C)(C1CC2CCC1C2)C(C)(C)C(C)(C)O[SiH](C)C(C)(C)O[Si](C)(C)C. The van der Waals surface area contributed by atoms with E-state index >= 15 is 0 Å². The van der Waals surface area contributed by atoms with Gasteiger partial charge in [0.05, 0.1) is 16.4 Å². The van der Waals surface area contributed by atoms with E-state index in [2.05, 4.69) is 115 Å². The molecule has 0 spiro atoms. The Labute approximate surface area is 242 Å². The van der Waals surface area contributed by atoms with Crippen molar-refractivity contribution in [3.05, 3.63) is 0 Å². The van der Waals surface area contributed by atoms with E-state index in [-0.39, 0.29) is 26.5 Å². The number of rotatable bonds is 13. The molecule has 4 nitrogen and oxygen atoms in total. The van der Waals surface area contributed by atoms with E-state index in [1.165, 1.54) is 25.7 Å². The summed E-state index contributed by atoms with van der Waals surface area (Å²) in [5, 5.41) is -0.368. The first-order valence-electron chi connectivity index (χ1n) is 15.3. The molecule has 0 amide bonds. The van der Waals surface area contributed by atoms with E-state index in [4.69, 9.17) is 17.7 Å². The minimum Gasteiger partial charge on any atom is -0.420 e. The van der Waals surface area contributed by atoms with Crippen LogP contribution in [0.25, 0.3) is 0 Å². The van der Waals surface area contributed by atoms with Gasteiger partial charge in [0.25, 0.3) is 0 Å². The first-order valence-corrected chi connectivity index (χ1v) is 26.3. The highest BCUT2D eigenvalue weighted by Gasteiger charge is 2.66. The van der Waals surface area contributed by atoms with Crippen molar-refractivity contribution in [2.24, 2.45) is 11.8 Å². The van der Waals surface area contributed by atoms with Crippen LogP contribution in [0.4, 0.5) is 0 Å². The summed E-state index contributed by atoms with van der Waals surface area (Å²) in [6.07, 6.45) is 5.53. The third-order valence-electron chi connectivity index (χ3n) is 12.2. The third-order valence-corrected chi connectivity index (χ3v) is 27.4. The monoisotopic (exact) mass is 602 g/mol. The van der Waals surface area contributed by atoms with Crippen LogP contribution in [0.5, 0.6) is 0 Å². The fraction of sp³-hybridized carbons (Fsp3) is 1.00. The molecule has 5 unspecified atom stereocenters. The molecule has 2 rings (SSSR count). The Hall–Kier alpha value is 0.708. The minimum absolute atomic E-state index is 0.0586. The second kappa shape index (κ2) is 10.8. The van der Waals surface area contributed by atoms with Gasteiger partial charge in [-0.1, -0.05) is 40.5 Å². The molecule has 0 saturated heterocycles. The lowest BCUT2D eigenvalue weighted by Gasteiger charge is -2.61. The zero-order valence-electron chi connectivity index (χ0n) is 28.8. The van der Waals surface area contributed by atoms with Crippen molar-refractivity contribution < 1.29 is 17.7 Å². The Morgan fingerprint density at radius 3 is 1.61 bits per heavy atom. The van der Waals surface area contributed by atoms with Crippen molar-refractivity contribution in [3.8, 4) is 0 Å². The van der Waals surface area contributed by atoms with Gasteiger partial charge in [0.1, 0.15) is 0 Å². The molecule has 38 heavy (non-hydrogen) atoms. The Kier molecular flexibility index (Phi) is 9.89. The topological polar surface area (TPSA) is 36.9 Å². The second-order valence-corrected chi connectivity index (χ2v) is 33.5. The van der Waals surface area contributed by atoms with Gasteiger partial charge in [-0.25, -0.2) is 0 Å². The van der Waals surface area contributed by atoms with Crippen molar-refractivity contribution >= 4 is 34.0 Å². The molecule has 226 valence electrons. The van der Waals surface area contributed by atoms with Crippen molar-refractivity contribution in [2.75, 3.05) is 7.11 Å². The maximum absolute atomic E-state index is 7.82. The fourth-order valence-corrected chi connectivity index (χ4v) is 20.3. The maximum atomic E-state index is 7.82. The molecule has 2 fully saturated rings. The summed E-state index contributed by atoms with van der Waals surface area (Å²) in [4.78, 5) is 0. The molecular weight excluding hydrogens is 537 g/mol. The first-order chi connectivity index (χ1) is 16.7. The first kappa shape index (κ1) is 34.9. The summed E-state index contributed by atoms with van der Waals surface area (Å²) >= 11 is 0. The van der Waals surface area contributed by atoms with Gasteiger partial charge in [0.2, 0.25) is 17.4 Å². The lowest BCUT2D eigenvalue weighted by atomic mass is 9.93. The van der Waals surface area contributed by atoms with Crippen LogP contribution in [0.15, 0.2) is 0 Å². The molecule has 0 N–H and O–H groups in total. The number of fused-ring (bicyclic) bond motifs is 2. The Morgan fingerprint density at radius 1 is 0.684 bits per heavy atom. The highest BCUT2D eigenvalue weighted by molar-refractivity contribution is 6.78. The summed E-state index contributed by atoms with van der Waals surface area (Å²) < 4.78 is 28.0. The van der Waals surface area contributed by atoms with Crippen LogP contribution in [0, 0.1) is 11.8 Å². The van der Waals surface area contributed by atoms with Gasteiger partial charge in [-0.05, 0) is 118 Å². The van der Waals surface area contributed by atoms with Crippen LogP contribution in [0.1, 0.15) is 94.9 Å². The fourth-order valence-electron chi connectivity index (χ4n) is 7.42. The molecule has 2 bridgehead atoms. The molecule has 0 aromatic heterocycles. The lowest BCUT2D eigenvalue weighted by Crippen LogP contribution is -2.66. The normalized spacial score (nSPS) is 26.5. The Balaban J connectivity index is 2.54. The van der Waals surface area contributed by atoms with E-state index in [9.17, 15) is 0 Å². The van der Waals surface area contributed by atoms with Gasteiger partial charge in [-0.3, -0.25) is 0 Å². The van der Waals surface area contributed by atoms with Gasteiger partial charge in [0, 0.05) is 17.2 Å². The predicted molar refractivity (Wildman–Crippen MR) is 175 cm³/mol. The Morgan fingerprint density at radius 2 is 1.21 bits per heavy atom. The summed E-state index contributed by atoms with van der Waals surface area (Å²) in [7, 11) is -5.93. The van der Waals surface area contributed by atoms with Crippen molar-refractivity contribution in [1.29, 1.82) is 0 Å². The smallest absolute Gasteiger partial charge is 0.204 e. The number of hydrogen-bond acceptors (Lipinski definition) is 4. The zero-order chi connectivity index (χ0) is 30.0. The van der Waals surface area contributed by atoms with Crippen LogP contribution < -0.4 is 0 Å². The quantitative estimate of drug-likeness (QED) is 0.197. The average molecular weight is 603 g/mol. The molecule has 2 aliphatic carbocycles. The van der Waals surface area contributed by atoms with Gasteiger partial charge >= 0.3 is 0 Å². The molecule has 2 saturated carbocycles. The largest absolute Gasteiger partial charge is 0.420 e. The third kappa shape index (κ3) is 6.37. The molecule has 0 aromatic carbocycles. The molecule has 5 atom stereocenters. The van der Waals surface area contributed by atoms with E-state index in [0.717, 1.165) is 11.8 Å². The maximum Gasteiger partial charge on any atom is 0.204 e. The van der Waals surface area contributed by atoms with Gasteiger partial charge in [0.15, 0.2) is 16.6 Å². The van der Waals surface area contributed by atoms with E-state index in [0.29, 0.717) is 5.54 Å². The summed E-state index contributed by atoms with van der Waals surface area (Å²) in [6, 6.07) is 0. The lowest BCUT2D eigenvalue weighted by molar-refractivity contribution is -0.00206. The average Bonchev–Trinajstić information content (AvgIpc) is 3.34. The van der Waals surface area contributed by atoms with Crippen LogP contribution in [-0.2, 0) is 17.7 Å². The summed E-state index contributed by atoms with van der Waals surface area (Å²) in [5.41, 5.74) is 0.0402. The summed E-state index contributed by atoms with van der Waals surface area (Å²) in [5.74, 6) is 1.69. The molecule has 0 radical (unpaired) electrons. The highest BCUT2D eigenvalue weighted by atomic mass is 28.4. The van der Waals surface area contributed by atoms with Crippen LogP contribution in [-0.4, -0.2) is 57.5 Å². The molecule has 0 heterocycles. The molecule has 0 aromatic rings. The van der Waals surface area contributed by atoms with E-state index in [1.807, 2.05) is 7.11 Å². The second-order valence-electron chi connectivity index (χ2n) is 17.1. The van der Waals surface area contributed by atoms with Crippen LogP contribution in [0.3, 0.4) is 0 Å². The van der Waals surface area contributed by atoms with Gasteiger partial charge in [-0.2, -0.15) is 0 Å². The van der Waals surface area contributed by atoms with Gasteiger partial charge in [-0.15, -0.1) is 0 Å². The number of hydrogen-bond donors (Lipinski definition) is 0. The summed E-state index contributed by atoms with van der Waals surface area (Å²) in [6.45, 7) is 40.2. The van der Waals surface area contributed by atoms with Gasteiger partial charge < -0.3 is 17.7 Å². The highest BCUT2D eigenvalue weighted by Crippen LogP contribution is 2.65.